The molecule has 0 saturated carbocycles. The van der Waals surface area contributed by atoms with Crippen LogP contribution in [-0.2, 0) is 12.8 Å². The zero-order valence-corrected chi connectivity index (χ0v) is 12.7. The topological polar surface area (TPSA) is 12.9 Å². The molecule has 96 valence electrons. The maximum absolute atomic E-state index is 6.33. The minimum absolute atomic E-state index is 0.394. The largest absolute Gasteiger partial charge is 0.245 e. The number of fused-ring (bicyclic) bond motifs is 3. The van der Waals surface area contributed by atoms with Crippen molar-refractivity contribution in [3.05, 3.63) is 27.7 Å². The van der Waals surface area contributed by atoms with Gasteiger partial charge in [-0.05, 0) is 42.2 Å². The van der Waals surface area contributed by atoms with Crippen LogP contribution in [0, 0.1) is 11.3 Å². The van der Waals surface area contributed by atoms with Crippen molar-refractivity contribution in [2.75, 3.05) is 0 Å². The Morgan fingerprint density at radius 1 is 1.39 bits per heavy atom. The van der Waals surface area contributed by atoms with Gasteiger partial charge >= 0.3 is 0 Å². The molecular weight excluding hydrogens is 262 g/mol. The predicted molar refractivity (Wildman–Crippen MR) is 79.6 cm³/mol. The van der Waals surface area contributed by atoms with E-state index in [-0.39, 0.29) is 0 Å². The van der Waals surface area contributed by atoms with Crippen LogP contribution in [0.2, 0.25) is 5.02 Å². The molecule has 0 aromatic carbocycles. The van der Waals surface area contributed by atoms with Crippen LogP contribution in [-0.4, -0.2) is 4.98 Å². The Balaban J connectivity index is 2.08. The maximum atomic E-state index is 6.33. The summed E-state index contributed by atoms with van der Waals surface area (Å²) in [5.74, 6) is 0.775. The second kappa shape index (κ2) is 4.21. The zero-order chi connectivity index (χ0) is 12.9. The van der Waals surface area contributed by atoms with Gasteiger partial charge in [-0.3, -0.25) is 0 Å². The number of aromatic nitrogens is 1. The van der Waals surface area contributed by atoms with E-state index in [1.165, 1.54) is 28.7 Å². The van der Waals surface area contributed by atoms with Crippen LogP contribution in [0.25, 0.3) is 10.2 Å². The monoisotopic (exact) mass is 279 g/mol. The third kappa shape index (κ3) is 1.96. The molecule has 0 fully saturated rings. The molecule has 1 atom stereocenters. The van der Waals surface area contributed by atoms with E-state index in [0.717, 1.165) is 22.2 Å². The molecule has 0 amide bonds. The van der Waals surface area contributed by atoms with Crippen molar-refractivity contribution in [1.82, 2.24) is 4.98 Å². The summed E-state index contributed by atoms with van der Waals surface area (Å²) < 4.78 is 0. The number of hydrogen-bond donors (Lipinski definition) is 0. The van der Waals surface area contributed by atoms with Crippen LogP contribution in [0.1, 0.15) is 37.6 Å². The lowest BCUT2D eigenvalue weighted by molar-refractivity contribution is 0.218. The van der Waals surface area contributed by atoms with Crippen LogP contribution in [0.5, 0.6) is 0 Å². The fourth-order valence-corrected chi connectivity index (χ4v) is 4.51. The van der Waals surface area contributed by atoms with Crippen molar-refractivity contribution >= 4 is 33.2 Å². The zero-order valence-electron chi connectivity index (χ0n) is 11.1. The Morgan fingerprint density at radius 2 is 2.17 bits per heavy atom. The summed E-state index contributed by atoms with van der Waals surface area (Å²) in [6, 6.07) is 1.91. The van der Waals surface area contributed by atoms with Gasteiger partial charge in [0.1, 0.15) is 4.83 Å². The van der Waals surface area contributed by atoms with Gasteiger partial charge in [-0.25, -0.2) is 4.98 Å². The average molecular weight is 280 g/mol. The first-order valence-corrected chi connectivity index (χ1v) is 7.71. The summed E-state index contributed by atoms with van der Waals surface area (Å²) in [6.07, 6.45) is 5.43. The number of halogens is 1. The lowest BCUT2D eigenvalue weighted by Gasteiger charge is -2.33. The summed E-state index contributed by atoms with van der Waals surface area (Å²) in [7, 11) is 0. The van der Waals surface area contributed by atoms with E-state index in [0.29, 0.717) is 5.41 Å². The van der Waals surface area contributed by atoms with Crippen molar-refractivity contribution in [3.63, 3.8) is 0 Å². The van der Waals surface area contributed by atoms with Gasteiger partial charge in [0, 0.05) is 16.5 Å². The Hall–Kier alpha value is -0.600. The number of rotatable bonds is 0. The second-order valence-electron chi connectivity index (χ2n) is 6.28. The molecular formula is C15H18ClNS. The lowest BCUT2D eigenvalue weighted by atomic mass is 9.72. The van der Waals surface area contributed by atoms with E-state index >= 15 is 0 Å². The van der Waals surface area contributed by atoms with Crippen LogP contribution < -0.4 is 0 Å². The van der Waals surface area contributed by atoms with Gasteiger partial charge in [0.15, 0.2) is 0 Å². The second-order valence-corrected chi connectivity index (χ2v) is 7.77. The lowest BCUT2D eigenvalue weighted by Crippen LogP contribution is -2.26. The van der Waals surface area contributed by atoms with Crippen LogP contribution in [0.3, 0.4) is 0 Å². The van der Waals surface area contributed by atoms with E-state index in [2.05, 4.69) is 25.8 Å². The average Bonchev–Trinajstić information content (AvgIpc) is 2.66. The van der Waals surface area contributed by atoms with Crippen molar-refractivity contribution < 1.29 is 0 Å². The standard InChI is InChI=1S/C15H18ClNS/c1-15(2,3)9-4-5-10-12(8-9)18-14-13(10)11(16)6-7-17-14/h6-7,9H,4-5,8H2,1-3H3. The molecule has 3 heteroatoms. The molecule has 3 rings (SSSR count). The summed E-state index contributed by atoms with van der Waals surface area (Å²) in [4.78, 5) is 7.09. The fourth-order valence-electron chi connectivity index (χ4n) is 2.90. The normalized spacial score (nSPS) is 20.1. The first-order chi connectivity index (χ1) is 8.47. The molecule has 18 heavy (non-hydrogen) atoms. The van der Waals surface area contributed by atoms with E-state index in [1.54, 1.807) is 0 Å². The Labute approximate surface area is 117 Å². The molecule has 1 aliphatic carbocycles. The first kappa shape index (κ1) is 12.4. The van der Waals surface area contributed by atoms with Crippen LogP contribution in [0.15, 0.2) is 12.3 Å². The molecule has 0 radical (unpaired) electrons. The molecule has 0 saturated heterocycles. The molecule has 0 spiro atoms. The molecule has 1 aliphatic rings. The van der Waals surface area contributed by atoms with Gasteiger partial charge in [-0.15, -0.1) is 11.3 Å². The minimum atomic E-state index is 0.394. The predicted octanol–water partition coefficient (Wildman–Crippen LogP) is 5.10. The molecule has 0 N–H and O–H groups in total. The molecule has 1 nitrogen and oxygen atoms in total. The summed E-state index contributed by atoms with van der Waals surface area (Å²) in [5, 5.41) is 2.08. The summed E-state index contributed by atoms with van der Waals surface area (Å²) in [5.41, 5.74) is 1.86. The van der Waals surface area contributed by atoms with Gasteiger partial charge in [0.2, 0.25) is 0 Å². The van der Waals surface area contributed by atoms with Crippen LogP contribution in [0.4, 0.5) is 0 Å². The highest BCUT2D eigenvalue weighted by Crippen LogP contribution is 2.44. The molecule has 0 bridgehead atoms. The minimum Gasteiger partial charge on any atom is -0.245 e. The molecule has 1 unspecified atom stereocenters. The Morgan fingerprint density at radius 3 is 2.89 bits per heavy atom. The quantitative estimate of drug-likeness (QED) is 0.654. The number of thiophene rings is 1. The van der Waals surface area contributed by atoms with E-state index < -0.39 is 0 Å². The number of nitrogens with zero attached hydrogens (tertiary/aromatic N) is 1. The third-order valence-corrected chi connectivity index (χ3v) is 5.60. The Kier molecular flexibility index (Phi) is 2.91. The number of hydrogen-bond acceptors (Lipinski definition) is 2. The van der Waals surface area contributed by atoms with E-state index in [4.69, 9.17) is 11.6 Å². The Bertz CT molecular complexity index is 594. The number of aryl methyl sites for hydroxylation is 1. The first-order valence-electron chi connectivity index (χ1n) is 6.51. The van der Waals surface area contributed by atoms with Crippen molar-refractivity contribution in [1.29, 1.82) is 0 Å². The third-order valence-electron chi connectivity index (χ3n) is 4.12. The van der Waals surface area contributed by atoms with E-state index in [1.807, 2.05) is 23.6 Å². The SMILES string of the molecule is CC(C)(C)C1CCc2c(sc3nccc(Cl)c23)C1. The van der Waals surface area contributed by atoms with Gasteiger partial charge in [-0.1, -0.05) is 32.4 Å². The van der Waals surface area contributed by atoms with E-state index in [9.17, 15) is 0 Å². The molecule has 0 aliphatic heterocycles. The highest BCUT2D eigenvalue weighted by Gasteiger charge is 2.31. The molecule has 2 heterocycles. The summed E-state index contributed by atoms with van der Waals surface area (Å²) in [6.45, 7) is 7.05. The van der Waals surface area contributed by atoms with Gasteiger partial charge in [0.25, 0.3) is 0 Å². The van der Waals surface area contributed by atoms with Crippen LogP contribution >= 0.6 is 22.9 Å². The van der Waals surface area contributed by atoms with Gasteiger partial charge in [0.05, 0.1) is 5.02 Å². The van der Waals surface area contributed by atoms with Crippen molar-refractivity contribution in [3.8, 4) is 0 Å². The highest BCUT2D eigenvalue weighted by atomic mass is 35.5. The summed E-state index contributed by atoms with van der Waals surface area (Å²) >= 11 is 8.17. The smallest absolute Gasteiger partial charge is 0.125 e. The maximum Gasteiger partial charge on any atom is 0.125 e. The number of pyridine rings is 1. The highest BCUT2D eigenvalue weighted by molar-refractivity contribution is 7.19. The van der Waals surface area contributed by atoms with Crippen molar-refractivity contribution in [2.24, 2.45) is 11.3 Å². The van der Waals surface area contributed by atoms with Crippen molar-refractivity contribution in [2.45, 2.75) is 40.0 Å². The molecule has 2 aromatic rings. The van der Waals surface area contributed by atoms with Gasteiger partial charge < -0.3 is 0 Å². The fraction of sp³-hybridized carbons (Fsp3) is 0.533. The van der Waals surface area contributed by atoms with Gasteiger partial charge in [-0.2, -0.15) is 0 Å². The molecule has 2 aromatic heterocycles.